The minimum atomic E-state index is 0.517. The highest BCUT2D eigenvalue weighted by molar-refractivity contribution is 7.17. The van der Waals surface area contributed by atoms with Crippen molar-refractivity contribution >= 4 is 49.4 Å². The maximum Gasteiger partial charge on any atom is 0.183 e. The van der Waals surface area contributed by atoms with Gasteiger partial charge < -0.3 is 15.3 Å². The van der Waals surface area contributed by atoms with E-state index in [2.05, 4.69) is 47.7 Å². The summed E-state index contributed by atoms with van der Waals surface area (Å²) in [6, 6.07) is 16.3. The lowest BCUT2D eigenvalue weighted by Gasteiger charge is -2.07. The molecule has 29 heavy (non-hydrogen) atoms. The fourth-order valence-corrected chi connectivity index (χ4v) is 4.43. The van der Waals surface area contributed by atoms with Crippen LogP contribution in [0.2, 0.25) is 0 Å². The summed E-state index contributed by atoms with van der Waals surface area (Å²) in [6.07, 6.45) is 1.64. The number of fused-ring (bicyclic) bond motifs is 3. The molecule has 0 bridgehead atoms. The van der Waals surface area contributed by atoms with E-state index in [0.717, 1.165) is 33.3 Å². The molecule has 3 N–H and O–H groups in total. The first-order valence-corrected chi connectivity index (χ1v) is 10.1. The molecule has 0 saturated heterocycles. The van der Waals surface area contributed by atoms with Crippen LogP contribution in [0.5, 0.6) is 0 Å². The Morgan fingerprint density at radius 2 is 1.86 bits per heavy atom. The molecule has 0 saturated carbocycles. The van der Waals surface area contributed by atoms with Crippen LogP contribution in [-0.4, -0.2) is 29.9 Å². The van der Waals surface area contributed by atoms with Crippen LogP contribution in [0.3, 0.4) is 0 Å². The SMILES string of the molecule is c1ccc2[nH]c(CNc3nc(-c4csc5ccccc45)nc4nc[nH]c34)nc2c1. The van der Waals surface area contributed by atoms with E-state index in [1.54, 1.807) is 17.7 Å². The van der Waals surface area contributed by atoms with Crippen molar-refractivity contribution in [2.45, 2.75) is 6.54 Å². The molecular formula is C21H15N7S. The topological polar surface area (TPSA) is 95.2 Å². The highest BCUT2D eigenvalue weighted by Gasteiger charge is 2.15. The molecule has 8 heteroatoms. The lowest BCUT2D eigenvalue weighted by Crippen LogP contribution is -2.05. The largest absolute Gasteiger partial charge is 0.361 e. The highest BCUT2D eigenvalue weighted by atomic mass is 32.1. The maximum absolute atomic E-state index is 4.81. The first-order chi connectivity index (χ1) is 14.3. The van der Waals surface area contributed by atoms with E-state index in [0.29, 0.717) is 23.8 Å². The zero-order valence-corrected chi connectivity index (χ0v) is 16.0. The van der Waals surface area contributed by atoms with Crippen LogP contribution in [0.25, 0.3) is 43.7 Å². The van der Waals surface area contributed by atoms with Crippen molar-refractivity contribution in [3.8, 4) is 11.4 Å². The van der Waals surface area contributed by atoms with Crippen molar-refractivity contribution in [1.29, 1.82) is 0 Å². The molecule has 0 fully saturated rings. The Labute approximate surface area is 168 Å². The number of thiophene rings is 1. The number of imidazole rings is 2. The van der Waals surface area contributed by atoms with Gasteiger partial charge in [0.1, 0.15) is 11.3 Å². The summed E-state index contributed by atoms with van der Waals surface area (Å²) in [7, 11) is 0. The van der Waals surface area contributed by atoms with Crippen molar-refractivity contribution in [3.63, 3.8) is 0 Å². The van der Waals surface area contributed by atoms with Gasteiger partial charge in [-0.3, -0.25) is 0 Å². The van der Waals surface area contributed by atoms with E-state index in [1.165, 1.54) is 4.70 Å². The lowest BCUT2D eigenvalue weighted by molar-refractivity contribution is 0.998. The second-order valence-electron chi connectivity index (χ2n) is 6.70. The van der Waals surface area contributed by atoms with Gasteiger partial charge in [0.15, 0.2) is 17.3 Å². The molecule has 0 atom stereocenters. The molecule has 0 spiro atoms. The van der Waals surface area contributed by atoms with Crippen molar-refractivity contribution in [2.24, 2.45) is 0 Å². The van der Waals surface area contributed by atoms with Crippen molar-refractivity contribution in [1.82, 2.24) is 29.9 Å². The zero-order chi connectivity index (χ0) is 19.2. The van der Waals surface area contributed by atoms with Gasteiger partial charge in [0.2, 0.25) is 0 Å². The van der Waals surface area contributed by atoms with Crippen LogP contribution in [0.15, 0.2) is 60.2 Å². The van der Waals surface area contributed by atoms with Crippen LogP contribution in [0.4, 0.5) is 5.82 Å². The number of nitrogens with zero attached hydrogens (tertiary/aromatic N) is 4. The summed E-state index contributed by atoms with van der Waals surface area (Å²) < 4.78 is 1.21. The number of para-hydroxylation sites is 2. The number of hydrogen-bond acceptors (Lipinski definition) is 6. The first-order valence-electron chi connectivity index (χ1n) is 9.20. The standard InChI is InChI=1S/C21H15N7S/c1-4-8-16-12(5-1)13(10-29-16)19-27-20(18-21(28-19)24-11-23-18)22-9-17-25-14-6-2-3-7-15(14)26-17/h1-8,10-11H,9H2,(H,25,26)(H2,22,23,24,27,28). The fourth-order valence-electron chi connectivity index (χ4n) is 3.49. The molecule has 7 nitrogen and oxygen atoms in total. The van der Waals surface area contributed by atoms with E-state index in [-0.39, 0.29) is 0 Å². The summed E-state index contributed by atoms with van der Waals surface area (Å²) in [5.41, 5.74) is 4.40. The van der Waals surface area contributed by atoms with Gasteiger partial charge in [-0.1, -0.05) is 30.3 Å². The fraction of sp³-hybridized carbons (Fsp3) is 0.0476. The van der Waals surface area contributed by atoms with E-state index in [9.17, 15) is 0 Å². The van der Waals surface area contributed by atoms with Crippen molar-refractivity contribution < 1.29 is 0 Å². The number of rotatable bonds is 4. The Kier molecular flexibility index (Phi) is 3.57. The minimum Gasteiger partial charge on any atom is -0.361 e. The number of anilines is 1. The van der Waals surface area contributed by atoms with E-state index < -0.39 is 0 Å². The predicted octanol–water partition coefficient (Wildman–Crippen LogP) is 4.72. The molecule has 6 rings (SSSR count). The third kappa shape index (κ3) is 2.73. The van der Waals surface area contributed by atoms with Crippen LogP contribution in [-0.2, 0) is 6.54 Å². The highest BCUT2D eigenvalue weighted by Crippen LogP contribution is 2.33. The Morgan fingerprint density at radius 3 is 2.83 bits per heavy atom. The summed E-state index contributed by atoms with van der Waals surface area (Å²) in [5.74, 6) is 2.22. The molecule has 0 aliphatic rings. The Bertz CT molecular complexity index is 1440. The van der Waals surface area contributed by atoms with Crippen molar-refractivity contribution in [2.75, 3.05) is 5.32 Å². The van der Waals surface area contributed by atoms with Gasteiger partial charge in [-0.2, -0.15) is 0 Å². The molecule has 4 aromatic heterocycles. The second kappa shape index (κ2) is 6.39. The average Bonchev–Trinajstić information content (AvgIpc) is 3.48. The minimum absolute atomic E-state index is 0.517. The van der Waals surface area contributed by atoms with E-state index in [1.807, 2.05) is 36.4 Å². The monoisotopic (exact) mass is 397 g/mol. The summed E-state index contributed by atoms with van der Waals surface area (Å²) >= 11 is 1.69. The lowest BCUT2D eigenvalue weighted by atomic mass is 10.1. The van der Waals surface area contributed by atoms with Gasteiger partial charge in [0.05, 0.1) is 23.9 Å². The van der Waals surface area contributed by atoms with Gasteiger partial charge >= 0.3 is 0 Å². The number of benzene rings is 2. The van der Waals surface area contributed by atoms with Gasteiger partial charge in [-0.25, -0.2) is 19.9 Å². The number of aromatic amines is 2. The maximum atomic E-state index is 4.81. The van der Waals surface area contributed by atoms with Gasteiger partial charge in [0, 0.05) is 21.0 Å². The Hall–Kier alpha value is -3.78. The normalized spacial score (nSPS) is 11.6. The zero-order valence-electron chi connectivity index (χ0n) is 15.2. The van der Waals surface area contributed by atoms with Crippen LogP contribution >= 0.6 is 11.3 Å². The molecule has 0 aliphatic heterocycles. The molecule has 0 radical (unpaired) electrons. The molecular weight excluding hydrogens is 382 g/mol. The van der Waals surface area contributed by atoms with E-state index in [4.69, 9.17) is 4.98 Å². The molecule has 2 aromatic carbocycles. The Morgan fingerprint density at radius 1 is 0.966 bits per heavy atom. The van der Waals surface area contributed by atoms with Crippen LogP contribution in [0.1, 0.15) is 5.82 Å². The van der Waals surface area contributed by atoms with E-state index >= 15 is 0 Å². The summed E-state index contributed by atoms with van der Waals surface area (Å²) in [4.78, 5) is 24.9. The smallest absolute Gasteiger partial charge is 0.183 e. The third-order valence-electron chi connectivity index (χ3n) is 4.87. The quantitative estimate of drug-likeness (QED) is 0.400. The number of hydrogen-bond donors (Lipinski definition) is 3. The predicted molar refractivity (Wildman–Crippen MR) is 116 cm³/mol. The average molecular weight is 397 g/mol. The van der Waals surface area contributed by atoms with Crippen LogP contribution < -0.4 is 5.32 Å². The molecule has 6 aromatic rings. The molecule has 0 unspecified atom stereocenters. The third-order valence-corrected chi connectivity index (χ3v) is 5.83. The number of aromatic nitrogens is 6. The molecule has 0 amide bonds. The van der Waals surface area contributed by atoms with Crippen LogP contribution in [0, 0.1) is 0 Å². The first kappa shape index (κ1) is 16.2. The Balaban J connectivity index is 1.40. The molecule has 4 heterocycles. The van der Waals surface area contributed by atoms with Gasteiger partial charge in [-0.05, 0) is 18.2 Å². The van der Waals surface area contributed by atoms with Gasteiger partial charge in [0.25, 0.3) is 0 Å². The van der Waals surface area contributed by atoms with Crippen molar-refractivity contribution in [3.05, 3.63) is 66.1 Å². The summed E-state index contributed by atoms with van der Waals surface area (Å²) in [5, 5.41) is 6.64. The number of nitrogens with one attached hydrogen (secondary N) is 3. The summed E-state index contributed by atoms with van der Waals surface area (Å²) in [6.45, 7) is 0.517. The number of H-pyrrole nitrogens is 2. The second-order valence-corrected chi connectivity index (χ2v) is 7.61. The molecule has 140 valence electrons. The molecule has 0 aliphatic carbocycles. The van der Waals surface area contributed by atoms with Gasteiger partial charge in [-0.15, -0.1) is 11.3 Å².